The second kappa shape index (κ2) is 11.5. The molecule has 1 aliphatic heterocycles. The highest BCUT2D eigenvalue weighted by Crippen LogP contribution is 2.29. The highest BCUT2D eigenvalue weighted by molar-refractivity contribution is 6.30. The molecule has 182 valence electrons. The van der Waals surface area contributed by atoms with Crippen LogP contribution in [0.1, 0.15) is 5.56 Å². The molecule has 2 heterocycles. The van der Waals surface area contributed by atoms with Crippen molar-refractivity contribution in [3.8, 4) is 17.2 Å². The molecule has 0 bridgehead atoms. The molecule has 0 saturated carbocycles. The van der Waals surface area contributed by atoms with Crippen molar-refractivity contribution in [3.63, 3.8) is 0 Å². The van der Waals surface area contributed by atoms with Gasteiger partial charge in [0.2, 0.25) is 0 Å². The average Bonchev–Trinajstić information content (AvgIpc) is 3.29. The lowest BCUT2D eigenvalue weighted by Crippen LogP contribution is -2.48. The van der Waals surface area contributed by atoms with Crippen molar-refractivity contribution in [2.45, 2.75) is 18.7 Å². The van der Waals surface area contributed by atoms with Crippen molar-refractivity contribution in [2.24, 2.45) is 0 Å². The van der Waals surface area contributed by atoms with E-state index in [1.807, 2.05) is 22.8 Å². The summed E-state index contributed by atoms with van der Waals surface area (Å²) < 4.78 is 24.8. The van der Waals surface area contributed by atoms with E-state index >= 15 is 0 Å². The fraction of sp³-hybridized carbons (Fsp3) is 0.417. The highest BCUT2D eigenvalue weighted by Gasteiger charge is 2.33. The monoisotopic (exact) mass is 488 g/mol. The van der Waals surface area contributed by atoms with Gasteiger partial charge in [-0.25, -0.2) is 0 Å². The Kier molecular flexibility index (Phi) is 8.23. The van der Waals surface area contributed by atoms with Crippen molar-refractivity contribution in [2.75, 3.05) is 46.6 Å². The third-order valence-corrected chi connectivity index (χ3v) is 5.72. The summed E-state index contributed by atoms with van der Waals surface area (Å²) >= 11 is 5.93. The zero-order chi connectivity index (χ0) is 23.8. The number of halogens is 1. The Morgan fingerprint density at radius 2 is 1.88 bits per heavy atom. The predicted octanol–water partition coefficient (Wildman–Crippen LogP) is 2.66. The first-order valence-electron chi connectivity index (χ1n) is 11.1. The van der Waals surface area contributed by atoms with Crippen LogP contribution in [0.25, 0.3) is 0 Å². The zero-order valence-electron chi connectivity index (χ0n) is 19.1. The van der Waals surface area contributed by atoms with Crippen LogP contribution in [0.3, 0.4) is 0 Å². The largest absolute Gasteiger partial charge is 0.493 e. The minimum atomic E-state index is -1.13. The van der Waals surface area contributed by atoms with Crippen LogP contribution >= 0.6 is 11.6 Å². The smallest absolute Gasteiger partial charge is 0.161 e. The van der Waals surface area contributed by atoms with Gasteiger partial charge in [0.05, 0.1) is 26.9 Å². The van der Waals surface area contributed by atoms with Crippen molar-refractivity contribution in [1.29, 1.82) is 0 Å². The molecule has 1 fully saturated rings. The lowest BCUT2D eigenvalue weighted by Gasteiger charge is -2.30. The first-order chi connectivity index (χ1) is 16.5. The van der Waals surface area contributed by atoms with Gasteiger partial charge in [-0.05, 0) is 42.0 Å². The Balaban J connectivity index is 1.34. The average molecular weight is 489 g/mol. The minimum absolute atomic E-state index is 0.119. The van der Waals surface area contributed by atoms with E-state index in [1.54, 1.807) is 44.0 Å². The quantitative estimate of drug-likeness (QED) is 0.466. The van der Waals surface area contributed by atoms with Gasteiger partial charge in [0.25, 0.3) is 0 Å². The van der Waals surface area contributed by atoms with E-state index in [0.29, 0.717) is 61.7 Å². The number of hydrogen-bond donors (Lipinski definition) is 1. The van der Waals surface area contributed by atoms with Gasteiger partial charge in [-0.2, -0.15) is 0 Å². The maximum absolute atomic E-state index is 11.2. The van der Waals surface area contributed by atoms with Crippen molar-refractivity contribution in [3.05, 3.63) is 65.7 Å². The third kappa shape index (κ3) is 6.83. The molecule has 4 rings (SSSR count). The molecule has 10 heteroatoms. The van der Waals surface area contributed by atoms with Crippen molar-refractivity contribution < 1.29 is 24.1 Å². The summed E-state index contributed by atoms with van der Waals surface area (Å²) in [6.45, 7) is 3.71. The topological polar surface area (TPSA) is 91.1 Å². The molecule has 0 unspecified atom stereocenters. The lowest BCUT2D eigenvalue weighted by molar-refractivity contribution is -0.0646. The molecule has 0 spiro atoms. The van der Waals surface area contributed by atoms with Gasteiger partial charge < -0.3 is 28.6 Å². The molecule has 9 nitrogen and oxygen atoms in total. The molecule has 0 radical (unpaired) electrons. The van der Waals surface area contributed by atoms with Gasteiger partial charge in [0, 0.05) is 24.7 Å². The first kappa shape index (κ1) is 24.3. The summed E-state index contributed by atoms with van der Waals surface area (Å²) in [5.74, 6) is 1.98. The summed E-state index contributed by atoms with van der Waals surface area (Å²) in [5.41, 5.74) is -0.0864. The SMILES string of the molecule is COc1cc(CN2CCOC[C@](O)(COc3ccc(Cl)cc3)C2)ccc1OCCn1cnnc1. The van der Waals surface area contributed by atoms with E-state index in [2.05, 4.69) is 15.1 Å². The zero-order valence-corrected chi connectivity index (χ0v) is 19.9. The van der Waals surface area contributed by atoms with E-state index in [0.717, 1.165) is 5.56 Å². The van der Waals surface area contributed by atoms with Gasteiger partial charge >= 0.3 is 0 Å². The summed E-state index contributed by atoms with van der Waals surface area (Å²) in [6.07, 6.45) is 3.30. The van der Waals surface area contributed by atoms with E-state index in [4.69, 9.17) is 30.5 Å². The van der Waals surface area contributed by atoms with Gasteiger partial charge in [0.1, 0.15) is 37.2 Å². The van der Waals surface area contributed by atoms with Crippen LogP contribution < -0.4 is 14.2 Å². The molecule has 3 aromatic rings. The predicted molar refractivity (Wildman–Crippen MR) is 127 cm³/mol. The number of ether oxygens (including phenoxy) is 4. The Hall–Kier alpha value is -2.85. The first-order valence-corrected chi connectivity index (χ1v) is 11.4. The number of aliphatic hydroxyl groups is 1. The standard InChI is InChI=1S/C24H29ClN4O5/c1-31-23-12-19(2-7-22(23)33-11-9-29-17-26-27-18-29)13-28-8-10-32-15-24(30,14-28)16-34-21-5-3-20(25)4-6-21/h2-7,12,17-18,30H,8-11,13-16H2,1H3/t24-/m0/s1. The molecule has 1 N–H and O–H groups in total. The number of rotatable bonds is 10. The van der Waals surface area contributed by atoms with Gasteiger partial charge in [-0.3, -0.25) is 4.90 Å². The maximum atomic E-state index is 11.2. The maximum Gasteiger partial charge on any atom is 0.161 e. The normalized spacial score (nSPS) is 18.9. The van der Waals surface area contributed by atoms with E-state index < -0.39 is 5.60 Å². The molecule has 2 aromatic carbocycles. The van der Waals surface area contributed by atoms with Crippen LogP contribution in [0.4, 0.5) is 0 Å². The van der Waals surface area contributed by atoms with Crippen LogP contribution in [-0.4, -0.2) is 77.0 Å². The van der Waals surface area contributed by atoms with Crippen LogP contribution in [0.15, 0.2) is 55.1 Å². The molecule has 0 aliphatic carbocycles. The van der Waals surface area contributed by atoms with Crippen LogP contribution in [0.2, 0.25) is 5.02 Å². The molecule has 0 amide bonds. The summed E-state index contributed by atoms with van der Waals surface area (Å²) in [6, 6.07) is 12.9. The fourth-order valence-corrected chi connectivity index (χ4v) is 3.88. The molecule has 34 heavy (non-hydrogen) atoms. The summed E-state index contributed by atoms with van der Waals surface area (Å²) in [4.78, 5) is 2.15. The third-order valence-electron chi connectivity index (χ3n) is 5.47. The number of hydrogen-bond acceptors (Lipinski definition) is 8. The van der Waals surface area contributed by atoms with Gasteiger partial charge in [0.15, 0.2) is 11.5 Å². The Bertz CT molecular complexity index is 1030. The van der Waals surface area contributed by atoms with E-state index in [9.17, 15) is 5.11 Å². The molecule has 1 aliphatic rings. The van der Waals surface area contributed by atoms with E-state index in [1.165, 1.54) is 0 Å². The number of β-amino-alcohol motifs (C(OH)–C–C–N with tert-alkyl or cyclic N) is 1. The lowest BCUT2D eigenvalue weighted by atomic mass is 10.1. The number of nitrogens with zero attached hydrogens (tertiary/aromatic N) is 4. The Morgan fingerprint density at radius 3 is 2.65 bits per heavy atom. The Morgan fingerprint density at radius 1 is 1.09 bits per heavy atom. The van der Waals surface area contributed by atoms with Crippen LogP contribution in [0.5, 0.6) is 17.2 Å². The number of aromatic nitrogens is 3. The second-order valence-electron chi connectivity index (χ2n) is 8.26. The molecular weight excluding hydrogens is 460 g/mol. The van der Waals surface area contributed by atoms with Gasteiger partial charge in [-0.15, -0.1) is 10.2 Å². The van der Waals surface area contributed by atoms with Crippen LogP contribution in [0, 0.1) is 0 Å². The van der Waals surface area contributed by atoms with Gasteiger partial charge in [-0.1, -0.05) is 17.7 Å². The number of methoxy groups -OCH3 is 1. The fourth-order valence-electron chi connectivity index (χ4n) is 3.75. The molecule has 1 atom stereocenters. The highest BCUT2D eigenvalue weighted by atomic mass is 35.5. The molecular formula is C24H29ClN4O5. The minimum Gasteiger partial charge on any atom is -0.493 e. The van der Waals surface area contributed by atoms with Crippen molar-refractivity contribution >= 4 is 11.6 Å². The number of benzene rings is 2. The van der Waals surface area contributed by atoms with Crippen LogP contribution in [-0.2, 0) is 17.8 Å². The summed E-state index contributed by atoms with van der Waals surface area (Å²) in [7, 11) is 1.62. The van der Waals surface area contributed by atoms with E-state index in [-0.39, 0.29) is 13.2 Å². The molecule has 1 saturated heterocycles. The second-order valence-corrected chi connectivity index (χ2v) is 8.70. The summed E-state index contributed by atoms with van der Waals surface area (Å²) in [5, 5.41) is 19.4. The Labute approximate surface area is 203 Å². The van der Waals surface area contributed by atoms with Crippen molar-refractivity contribution in [1.82, 2.24) is 19.7 Å². The molecule has 1 aromatic heterocycles.